The summed E-state index contributed by atoms with van der Waals surface area (Å²) in [5.41, 5.74) is -0.400. The van der Waals surface area contributed by atoms with Crippen molar-refractivity contribution >= 4 is 38.3 Å². The molecular formula is C16H16ClFN6O3S. The molecule has 1 aliphatic heterocycles. The molecule has 4 heterocycles. The Kier molecular flexibility index (Phi) is 4.60. The van der Waals surface area contributed by atoms with Gasteiger partial charge in [0, 0.05) is 37.8 Å². The summed E-state index contributed by atoms with van der Waals surface area (Å²) in [6.07, 6.45) is 5.48. The summed E-state index contributed by atoms with van der Waals surface area (Å²) >= 11 is 5.64. The summed E-state index contributed by atoms with van der Waals surface area (Å²) in [6, 6.07) is 1.79. The highest BCUT2D eigenvalue weighted by molar-refractivity contribution is 7.88. The Morgan fingerprint density at radius 1 is 1.21 bits per heavy atom. The van der Waals surface area contributed by atoms with E-state index in [2.05, 4.69) is 15.1 Å². The van der Waals surface area contributed by atoms with Gasteiger partial charge in [0.05, 0.1) is 24.2 Å². The molecule has 0 saturated carbocycles. The van der Waals surface area contributed by atoms with Crippen molar-refractivity contribution in [3.8, 4) is 5.82 Å². The van der Waals surface area contributed by atoms with Crippen LogP contribution in [-0.2, 0) is 10.0 Å². The molecule has 9 nitrogen and oxygen atoms in total. The first kappa shape index (κ1) is 18.8. The second-order valence-electron chi connectivity index (χ2n) is 6.44. The highest BCUT2D eigenvalue weighted by Gasteiger charge is 2.24. The van der Waals surface area contributed by atoms with Crippen LogP contribution in [0.4, 0.5) is 10.2 Å². The minimum absolute atomic E-state index is 0.124. The monoisotopic (exact) mass is 426 g/mol. The molecule has 0 atom stereocenters. The van der Waals surface area contributed by atoms with Gasteiger partial charge >= 0.3 is 0 Å². The third kappa shape index (κ3) is 3.25. The Bertz CT molecular complexity index is 1220. The molecule has 0 aromatic carbocycles. The van der Waals surface area contributed by atoms with Crippen LogP contribution < -0.4 is 10.3 Å². The van der Waals surface area contributed by atoms with Crippen LogP contribution in [0.1, 0.15) is 0 Å². The van der Waals surface area contributed by atoms with Crippen molar-refractivity contribution in [1.82, 2.24) is 24.1 Å². The number of nitrogens with zero attached hydrogens (tertiary/aromatic N) is 5. The molecule has 0 radical (unpaired) electrons. The number of aromatic nitrogens is 4. The number of H-pyrrole nitrogens is 1. The first-order chi connectivity index (χ1) is 13.3. The van der Waals surface area contributed by atoms with Crippen LogP contribution in [0.2, 0.25) is 5.02 Å². The van der Waals surface area contributed by atoms with Crippen molar-refractivity contribution in [1.29, 1.82) is 0 Å². The molecule has 0 spiro atoms. The number of hydrogen-bond donors (Lipinski definition) is 1. The fourth-order valence-electron chi connectivity index (χ4n) is 3.14. The third-order valence-electron chi connectivity index (χ3n) is 4.64. The van der Waals surface area contributed by atoms with Crippen LogP contribution in [0.5, 0.6) is 0 Å². The maximum atomic E-state index is 14.3. The number of sulfonamides is 1. The van der Waals surface area contributed by atoms with Gasteiger partial charge in [-0.3, -0.25) is 4.79 Å². The second-order valence-corrected chi connectivity index (χ2v) is 8.82. The number of fused-ring (bicyclic) bond motifs is 1. The highest BCUT2D eigenvalue weighted by atomic mass is 35.5. The molecule has 1 saturated heterocycles. The molecule has 4 rings (SSSR count). The van der Waals surface area contributed by atoms with Crippen molar-refractivity contribution in [2.75, 3.05) is 37.3 Å². The lowest BCUT2D eigenvalue weighted by Gasteiger charge is -2.33. The van der Waals surface area contributed by atoms with Gasteiger partial charge in [0.15, 0.2) is 5.82 Å². The average molecular weight is 427 g/mol. The van der Waals surface area contributed by atoms with Gasteiger partial charge in [-0.1, -0.05) is 11.6 Å². The van der Waals surface area contributed by atoms with Crippen molar-refractivity contribution in [3.63, 3.8) is 0 Å². The Morgan fingerprint density at radius 3 is 2.61 bits per heavy atom. The van der Waals surface area contributed by atoms with Gasteiger partial charge in [0.2, 0.25) is 21.3 Å². The summed E-state index contributed by atoms with van der Waals surface area (Å²) in [7, 11) is -3.21. The summed E-state index contributed by atoms with van der Waals surface area (Å²) < 4.78 is 40.2. The maximum absolute atomic E-state index is 14.3. The van der Waals surface area contributed by atoms with E-state index in [4.69, 9.17) is 11.6 Å². The van der Waals surface area contributed by atoms with E-state index in [-0.39, 0.29) is 10.8 Å². The molecular weight excluding hydrogens is 411 g/mol. The summed E-state index contributed by atoms with van der Waals surface area (Å²) in [5, 5.41) is 4.60. The quantitative estimate of drug-likeness (QED) is 0.669. The molecule has 1 fully saturated rings. The predicted octanol–water partition coefficient (Wildman–Crippen LogP) is 0.983. The van der Waals surface area contributed by atoms with Gasteiger partial charge < -0.3 is 9.88 Å². The van der Waals surface area contributed by atoms with E-state index in [9.17, 15) is 17.6 Å². The van der Waals surface area contributed by atoms with Gasteiger partial charge in [-0.05, 0) is 6.07 Å². The van der Waals surface area contributed by atoms with Gasteiger partial charge in [-0.2, -0.15) is 13.8 Å². The Hall–Kier alpha value is -2.50. The first-order valence-corrected chi connectivity index (χ1v) is 10.6. The number of anilines is 1. The van der Waals surface area contributed by atoms with Crippen molar-refractivity contribution in [2.45, 2.75) is 0 Å². The van der Waals surface area contributed by atoms with Gasteiger partial charge in [0.25, 0.3) is 0 Å². The third-order valence-corrected chi connectivity index (χ3v) is 6.23. The Labute approximate surface area is 164 Å². The standard InChI is InChI=1S/C16H16ClFN6O3S/c1-28(26,27)23-4-2-22(3-5-23)13-6-10-7-21-24(12(10)9-19-13)16-14(18)15(25)11(17)8-20-16/h6-9H,2-5H2,1H3,(H,20,25). The minimum atomic E-state index is -3.21. The van der Waals surface area contributed by atoms with E-state index in [1.54, 1.807) is 12.3 Å². The molecule has 1 aliphatic rings. The average Bonchev–Trinajstić information content (AvgIpc) is 3.09. The van der Waals surface area contributed by atoms with Gasteiger partial charge in [-0.15, -0.1) is 0 Å². The number of hydrogen-bond acceptors (Lipinski definition) is 6. The van der Waals surface area contributed by atoms with E-state index in [0.717, 1.165) is 0 Å². The Balaban J connectivity index is 1.65. The molecule has 148 valence electrons. The number of aromatic amines is 1. The van der Waals surface area contributed by atoms with E-state index in [0.29, 0.717) is 42.9 Å². The SMILES string of the molecule is CS(=O)(=O)N1CCN(c2cc3cnn(-c4[nH]cc(Cl)c(=O)c4F)c3cn2)CC1. The van der Waals surface area contributed by atoms with E-state index in [1.165, 1.54) is 27.6 Å². The number of halogens is 2. The van der Waals surface area contributed by atoms with Crippen LogP contribution in [0, 0.1) is 5.82 Å². The van der Waals surface area contributed by atoms with E-state index < -0.39 is 21.3 Å². The summed E-state index contributed by atoms with van der Waals surface area (Å²) in [4.78, 5) is 20.7. The van der Waals surface area contributed by atoms with Crippen LogP contribution in [0.25, 0.3) is 16.7 Å². The Morgan fingerprint density at radius 2 is 1.93 bits per heavy atom. The lowest BCUT2D eigenvalue weighted by molar-refractivity contribution is 0.387. The van der Waals surface area contributed by atoms with Crippen molar-refractivity contribution in [2.24, 2.45) is 0 Å². The molecule has 0 aliphatic carbocycles. The van der Waals surface area contributed by atoms with Crippen LogP contribution in [0.15, 0.2) is 29.5 Å². The van der Waals surface area contributed by atoms with Crippen molar-refractivity contribution < 1.29 is 12.8 Å². The number of nitrogens with one attached hydrogen (secondary N) is 1. The number of pyridine rings is 2. The molecule has 1 N–H and O–H groups in total. The molecule has 3 aromatic rings. The molecule has 12 heteroatoms. The molecule has 0 unspecified atom stereocenters. The van der Waals surface area contributed by atoms with Crippen LogP contribution in [-0.4, -0.2) is 64.9 Å². The molecule has 0 amide bonds. The lowest BCUT2D eigenvalue weighted by atomic mass is 10.3. The zero-order chi connectivity index (χ0) is 20.1. The normalized spacial score (nSPS) is 16.0. The number of piperazine rings is 1. The maximum Gasteiger partial charge on any atom is 0.238 e. The summed E-state index contributed by atoms with van der Waals surface area (Å²) in [5.74, 6) is -0.482. The largest absolute Gasteiger partial charge is 0.354 e. The lowest BCUT2D eigenvalue weighted by Crippen LogP contribution is -2.48. The van der Waals surface area contributed by atoms with Crippen LogP contribution >= 0.6 is 11.6 Å². The first-order valence-electron chi connectivity index (χ1n) is 8.36. The fraction of sp³-hybridized carbons (Fsp3) is 0.312. The van der Waals surface area contributed by atoms with Crippen LogP contribution in [0.3, 0.4) is 0 Å². The topological polar surface area (TPSA) is 104 Å². The smallest absolute Gasteiger partial charge is 0.238 e. The zero-order valence-corrected chi connectivity index (χ0v) is 16.3. The fourth-order valence-corrected chi connectivity index (χ4v) is 4.11. The second kappa shape index (κ2) is 6.83. The van der Waals surface area contributed by atoms with Gasteiger partial charge in [0.1, 0.15) is 10.8 Å². The molecule has 28 heavy (non-hydrogen) atoms. The van der Waals surface area contributed by atoms with E-state index in [1.807, 2.05) is 4.90 Å². The molecule has 3 aromatic heterocycles. The summed E-state index contributed by atoms with van der Waals surface area (Å²) in [6.45, 7) is 1.79. The zero-order valence-electron chi connectivity index (χ0n) is 14.8. The van der Waals surface area contributed by atoms with Crippen molar-refractivity contribution in [3.05, 3.63) is 45.7 Å². The van der Waals surface area contributed by atoms with E-state index >= 15 is 0 Å². The minimum Gasteiger partial charge on any atom is -0.354 e. The highest BCUT2D eigenvalue weighted by Crippen LogP contribution is 2.23. The molecule has 0 bridgehead atoms. The van der Waals surface area contributed by atoms with Gasteiger partial charge in [-0.25, -0.2) is 18.1 Å². The number of rotatable bonds is 3. The predicted molar refractivity (Wildman–Crippen MR) is 103 cm³/mol.